The van der Waals surface area contributed by atoms with E-state index in [0.29, 0.717) is 10.8 Å². The van der Waals surface area contributed by atoms with Gasteiger partial charge in [0.05, 0.1) is 15.5 Å². The van der Waals surface area contributed by atoms with Gasteiger partial charge < -0.3 is 4.74 Å². The minimum absolute atomic E-state index is 0.121. The molecule has 1 amide bonds. The Hall–Kier alpha value is -3.43. The largest absolute Gasteiger partial charge is 0.434 e. The second-order valence-corrected chi connectivity index (χ2v) is 6.10. The molecule has 28 heavy (non-hydrogen) atoms. The molecule has 1 heterocycles. The number of para-hydroxylation sites is 1. The van der Waals surface area contributed by atoms with Crippen LogP contribution in [-0.2, 0) is 0 Å². The van der Waals surface area contributed by atoms with Gasteiger partial charge in [-0.1, -0.05) is 41.4 Å². The van der Waals surface area contributed by atoms with Crippen molar-refractivity contribution in [2.75, 3.05) is 5.43 Å². The lowest BCUT2D eigenvalue weighted by molar-refractivity contribution is -0.385. The number of carbonyl (C=O) groups is 1. The van der Waals surface area contributed by atoms with Crippen molar-refractivity contribution in [3.8, 4) is 11.6 Å². The van der Waals surface area contributed by atoms with Crippen molar-refractivity contribution in [3.05, 3.63) is 80.6 Å². The number of anilines is 1. The van der Waals surface area contributed by atoms with Gasteiger partial charge in [-0.2, -0.15) is 4.98 Å². The Morgan fingerprint density at radius 2 is 1.86 bits per heavy atom. The molecule has 0 radical (unpaired) electrons. The Morgan fingerprint density at radius 1 is 1.11 bits per heavy atom. The van der Waals surface area contributed by atoms with E-state index in [-0.39, 0.29) is 22.3 Å². The number of aromatic nitrogens is 2. The van der Waals surface area contributed by atoms with Crippen molar-refractivity contribution in [2.45, 2.75) is 0 Å². The molecule has 3 rings (SSSR count). The van der Waals surface area contributed by atoms with E-state index in [1.54, 1.807) is 30.3 Å². The normalized spacial score (nSPS) is 10.2. The molecule has 1 aromatic heterocycles. The van der Waals surface area contributed by atoms with Gasteiger partial charge in [0.15, 0.2) is 0 Å². The van der Waals surface area contributed by atoms with Gasteiger partial charge in [-0.3, -0.25) is 25.8 Å². The average molecular weight is 420 g/mol. The predicted molar refractivity (Wildman–Crippen MR) is 103 cm³/mol. The number of halogens is 2. The topological polar surface area (TPSA) is 119 Å². The van der Waals surface area contributed by atoms with E-state index in [2.05, 4.69) is 20.8 Å². The first-order valence-electron chi connectivity index (χ1n) is 7.69. The van der Waals surface area contributed by atoms with Gasteiger partial charge in [0, 0.05) is 5.02 Å². The molecule has 0 unspecified atom stereocenters. The van der Waals surface area contributed by atoms with Crippen LogP contribution in [0.25, 0.3) is 0 Å². The molecule has 3 aromatic rings. The summed E-state index contributed by atoms with van der Waals surface area (Å²) in [4.78, 5) is 30.6. The molecule has 0 saturated carbocycles. The Kier molecular flexibility index (Phi) is 5.87. The SMILES string of the molecule is O=C(NNc1ncnc(Oc2ccccc2)c1[N+](=O)[O-])c1ccc(Cl)cc1Cl. The molecule has 9 nitrogen and oxygen atoms in total. The summed E-state index contributed by atoms with van der Waals surface area (Å²) in [5, 5.41) is 12.0. The maximum Gasteiger partial charge on any atom is 0.374 e. The molecule has 0 aliphatic heterocycles. The lowest BCUT2D eigenvalue weighted by Crippen LogP contribution is -2.30. The second-order valence-electron chi connectivity index (χ2n) is 5.25. The number of hydrazine groups is 1. The van der Waals surface area contributed by atoms with Crippen molar-refractivity contribution in [3.63, 3.8) is 0 Å². The summed E-state index contributed by atoms with van der Waals surface area (Å²) >= 11 is 11.8. The van der Waals surface area contributed by atoms with Crippen molar-refractivity contribution >= 4 is 40.6 Å². The summed E-state index contributed by atoms with van der Waals surface area (Å²) in [6.07, 6.45) is 1.06. The van der Waals surface area contributed by atoms with Gasteiger partial charge >= 0.3 is 11.6 Å². The van der Waals surface area contributed by atoms with Gasteiger partial charge in [-0.15, -0.1) is 0 Å². The molecule has 0 spiro atoms. The molecule has 0 bridgehead atoms. The first kappa shape index (κ1) is 19.3. The smallest absolute Gasteiger partial charge is 0.374 e. The van der Waals surface area contributed by atoms with Gasteiger partial charge in [-0.25, -0.2) is 4.98 Å². The fraction of sp³-hybridized carbons (Fsp3) is 0. The molecule has 0 fully saturated rings. The number of ether oxygens (including phenoxy) is 1. The molecular weight excluding hydrogens is 409 g/mol. The number of nitrogens with one attached hydrogen (secondary N) is 2. The molecule has 2 aromatic carbocycles. The maximum absolute atomic E-state index is 12.3. The highest BCUT2D eigenvalue weighted by Gasteiger charge is 2.25. The highest BCUT2D eigenvalue weighted by Crippen LogP contribution is 2.33. The second kappa shape index (κ2) is 8.51. The molecule has 11 heteroatoms. The van der Waals surface area contributed by atoms with Crippen molar-refractivity contribution in [2.24, 2.45) is 0 Å². The van der Waals surface area contributed by atoms with Crippen molar-refractivity contribution in [1.82, 2.24) is 15.4 Å². The van der Waals surface area contributed by atoms with Crippen LogP contribution in [0.15, 0.2) is 54.9 Å². The lowest BCUT2D eigenvalue weighted by Gasteiger charge is -2.11. The Labute approximate surface area is 168 Å². The first-order valence-corrected chi connectivity index (χ1v) is 8.45. The first-order chi connectivity index (χ1) is 13.5. The van der Waals surface area contributed by atoms with Crippen LogP contribution < -0.4 is 15.6 Å². The van der Waals surface area contributed by atoms with Crippen molar-refractivity contribution < 1.29 is 14.5 Å². The van der Waals surface area contributed by atoms with Crippen LogP contribution >= 0.6 is 23.2 Å². The van der Waals surface area contributed by atoms with Crippen LogP contribution in [-0.4, -0.2) is 20.8 Å². The molecule has 0 saturated heterocycles. The quantitative estimate of drug-likeness (QED) is 0.452. The van der Waals surface area contributed by atoms with Crippen LogP contribution in [0.2, 0.25) is 10.0 Å². The number of hydrogen-bond donors (Lipinski definition) is 2. The van der Waals surface area contributed by atoms with Crippen LogP contribution in [0.1, 0.15) is 10.4 Å². The maximum atomic E-state index is 12.3. The summed E-state index contributed by atoms with van der Waals surface area (Å²) < 4.78 is 5.45. The summed E-state index contributed by atoms with van der Waals surface area (Å²) in [6, 6.07) is 12.7. The zero-order chi connectivity index (χ0) is 20.1. The number of benzene rings is 2. The standard InChI is InChI=1S/C17H11Cl2N5O4/c18-10-6-7-12(13(19)8-10)16(25)23-22-15-14(24(26)27)17(21-9-20-15)28-11-4-2-1-3-5-11/h1-9H,(H,23,25)(H,20,21,22). The Bertz CT molecular complexity index is 1030. The fourth-order valence-electron chi connectivity index (χ4n) is 2.15. The van der Waals surface area contributed by atoms with Gasteiger partial charge in [0.1, 0.15) is 12.1 Å². The van der Waals surface area contributed by atoms with Crippen LogP contribution in [0, 0.1) is 10.1 Å². The molecule has 0 atom stereocenters. The summed E-state index contributed by atoms with van der Waals surface area (Å²) in [5.74, 6) is -0.829. The molecule has 142 valence electrons. The van der Waals surface area contributed by atoms with Gasteiger partial charge in [-0.05, 0) is 30.3 Å². The number of hydrogen-bond acceptors (Lipinski definition) is 7. The van der Waals surface area contributed by atoms with Crippen molar-refractivity contribution in [1.29, 1.82) is 0 Å². The molecule has 2 N–H and O–H groups in total. The number of rotatable bonds is 6. The minimum atomic E-state index is -0.720. The highest BCUT2D eigenvalue weighted by molar-refractivity contribution is 6.36. The average Bonchev–Trinajstić information content (AvgIpc) is 2.66. The van der Waals surface area contributed by atoms with E-state index in [1.165, 1.54) is 18.2 Å². The molecule has 0 aliphatic rings. The van der Waals surface area contributed by atoms with E-state index < -0.39 is 16.5 Å². The number of nitro groups is 1. The van der Waals surface area contributed by atoms with Crippen LogP contribution in [0.3, 0.4) is 0 Å². The van der Waals surface area contributed by atoms with Gasteiger partial charge in [0.2, 0.25) is 5.82 Å². The Morgan fingerprint density at radius 3 is 2.54 bits per heavy atom. The minimum Gasteiger partial charge on any atom is -0.434 e. The third kappa shape index (κ3) is 4.45. The predicted octanol–water partition coefficient (Wildman–Crippen LogP) is 4.24. The van der Waals surface area contributed by atoms with Crippen LogP contribution in [0.4, 0.5) is 11.5 Å². The zero-order valence-corrected chi connectivity index (χ0v) is 15.4. The fourth-order valence-corrected chi connectivity index (χ4v) is 2.64. The van der Waals surface area contributed by atoms with E-state index in [1.807, 2.05) is 0 Å². The Balaban J connectivity index is 1.82. The van der Waals surface area contributed by atoms with E-state index in [0.717, 1.165) is 6.33 Å². The lowest BCUT2D eigenvalue weighted by atomic mass is 10.2. The summed E-state index contributed by atoms with van der Waals surface area (Å²) in [5.41, 5.74) is 4.27. The van der Waals surface area contributed by atoms with Gasteiger partial charge in [0.25, 0.3) is 5.91 Å². The van der Waals surface area contributed by atoms with Crippen LogP contribution in [0.5, 0.6) is 11.6 Å². The van der Waals surface area contributed by atoms with E-state index in [4.69, 9.17) is 27.9 Å². The monoisotopic (exact) mass is 419 g/mol. The summed E-state index contributed by atoms with van der Waals surface area (Å²) in [6.45, 7) is 0. The highest BCUT2D eigenvalue weighted by atomic mass is 35.5. The summed E-state index contributed by atoms with van der Waals surface area (Å²) in [7, 11) is 0. The third-order valence-corrected chi connectivity index (χ3v) is 3.95. The van der Waals surface area contributed by atoms with E-state index in [9.17, 15) is 14.9 Å². The molecular formula is C17H11Cl2N5O4. The third-order valence-electron chi connectivity index (χ3n) is 3.40. The molecule has 0 aliphatic carbocycles. The number of nitrogens with zero attached hydrogens (tertiary/aromatic N) is 3. The van der Waals surface area contributed by atoms with E-state index >= 15 is 0 Å². The zero-order valence-electron chi connectivity index (χ0n) is 13.9. The number of carbonyl (C=O) groups excluding carboxylic acids is 1. The number of amides is 1.